The molecule has 0 aliphatic carbocycles. The number of aliphatic hydroxyl groups excluding tert-OH is 1. The van der Waals surface area contributed by atoms with Crippen molar-refractivity contribution < 1.29 is 14.8 Å². The van der Waals surface area contributed by atoms with Gasteiger partial charge in [0.25, 0.3) is 5.69 Å². The fourth-order valence-electron chi connectivity index (χ4n) is 1.23. The Morgan fingerprint density at radius 1 is 1.53 bits per heavy atom. The number of hydrogen-bond donors (Lipinski definition) is 2. The van der Waals surface area contributed by atoms with E-state index in [0.717, 1.165) is 0 Å². The number of carbonyl (C=O) groups is 1. The van der Waals surface area contributed by atoms with Gasteiger partial charge in [0.2, 0.25) is 0 Å². The van der Waals surface area contributed by atoms with Crippen molar-refractivity contribution in [2.45, 2.75) is 4.90 Å². The third-order valence-electron chi connectivity index (χ3n) is 2.01. The van der Waals surface area contributed by atoms with E-state index in [-0.39, 0.29) is 30.2 Å². The van der Waals surface area contributed by atoms with Crippen LogP contribution in [0.2, 0.25) is 0 Å². The van der Waals surface area contributed by atoms with Gasteiger partial charge in [-0.25, -0.2) is 0 Å². The highest BCUT2D eigenvalue weighted by Gasteiger charge is 2.17. The number of carbonyl (C=O) groups excluding carboxylic acids is 1. The van der Waals surface area contributed by atoms with Crippen molar-refractivity contribution in [3.05, 3.63) is 33.9 Å². The molecule has 0 unspecified atom stereocenters. The summed E-state index contributed by atoms with van der Waals surface area (Å²) in [5, 5.41) is 19.5. The summed E-state index contributed by atoms with van der Waals surface area (Å²) in [4.78, 5) is 22.0. The molecule has 0 aliphatic heterocycles. The van der Waals surface area contributed by atoms with Crippen molar-refractivity contribution >= 4 is 23.2 Å². The molecule has 0 saturated heterocycles. The van der Waals surface area contributed by atoms with Gasteiger partial charge in [0, 0.05) is 17.4 Å². The van der Waals surface area contributed by atoms with Crippen molar-refractivity contribution in [2.75, 3.05) is 18.9 Å². The van der Waals surface area contributed by atoms with E-state index in [1.807, 2.05) is 0 Å². The van der Waals surface area contributed by atoms with Crippen molar-refractivity contribution in [1.29, 1.82) is 0 Å². The maximum Gasteiger partial charge on any atom is 0.283 e. The number of nitrogens with two attached hydrogens (primary N) is 1. The molecule has 3 N–H and O–H groups in total. The SMILES string of the molecule is NCC(=O)c1ccc(SCCO)c([N+](=O)[O-])c1. The summed E-state index contributed by atoms with van der Waals surface area (Å²) in [5.41, 5.74) is 5.28. The summed E-state index contributed by atoms with van der Waals surface area (Å²) >= 11 is 1.17. The van der Waals surface area contributed by atoms with Crippen LogP contribution in [0.5, 0.6) is 0 Å². The van der Waals surface area contributed by atoms with Crippen LogP contribution in [0.1, 0.15) is 10.4 Å². The molecule has 0 aromatic heterocycles. The molecule has 0 fully saturated rings. The topological polar surface area (TPSA) is 106 Å². The molecular formula is C10H12N2O4S. The van der Waals surface area contributed by atoms with E-state index in [2.05, 4.69) is 0 Å². The number of thioether (sulfide) groups is 1. The lowest BCUT2D eigenvalue weighted by atomic mass is 10.1. The summed E-state index contributed by atoms with van der Waals surface area (Å²) in [7, 11) is 0. The molecule has 6 nitrogen and oxygen atoms in total. The van der Waals surface area contributed by atoms with E-state index in [9.17, 15) is 14.9 Å². The Hall–Kier alpha value is -1.44. The van der Waals surface area contributed by atoms with Crippen LogP contribution in [-0.2, 0) is 0 Å². The summed E-state index contributed by atoms with van der Waals surface area (Å²) in [6, 6.07) is 4.22. The van der Waals surface area contributed by atoms with E-state index < -0.39 is 4.92 Å². The van der Waals surface area contributed by atoms with Crippen molar-refractivity contribution in [3.8, 4) is 0 Å². The largest absolute Gasteiger partial charge is 0.396 e. The first-order chi connectivity index (χ1) is 8.10. The monoisotopic (exact) mass is 256 g/mol. The number of benzene rings is 1. The number of nitro groups is 1. The molecular weight excluding hydrogens is 244 g/mol. The third-order valence-corrected chi connectivity index (χ3v) is 3.05. The lowest BCUT2D eigenvalue weighted by molar-refractivity contribution is -0.387. The van der Waals surface area contributed by atoms with Gasteiger partial charge in [0.15, 0.2) is 5.78 Å². The molecule has 0 spiro atoms. The van der Waals surface area contributed by atoms with E-state index in [0.29, 0.717) is 10.6 Å². The fourth-order valence-corrected chi connectivity index (χ4v) is 1.99. The molecule has 0 saturated carbocycles. The number of nitrogens with zero attached hydrogens (tertiary/aromatic N) is 1. The zero-order valence-corrected chi connectivity index (χ0v) is 9.77. The maximum atomic E-state index is 11.3. The van der Waals surface area contributed by atoms with Crippen LogP contribution in [0.25, 0.3) is 0 Å². The van der Waals surface area contributed by atoms with Gasteiger partial charge in [-0.2, -0.15) is 0 Å². The molecule has 1 aromatic carbocycles. The van der Waals surface area contributed by atoms with Crippen LogP contribution >= 0.6 is 11.8 Å². The summed E-state index contributed by atoms with van der Waals surface area (Å²) in [5.74, 6) is 0.0252. The highest BCUT2D eigenvalue weighted by molar-refractivity contribution is 7.99. The maximum absolute atomic E-state index is 11.3. The predicted molar refractivity (Wildman–Crippen MR) is 64.3 cm³/mol. The first kappa shape index (κ1) is 13.6. The minimum Gasteiger partial charge on any atom is -0.396 e. The Morgan fingerprint density at radius 3 is 2.76 bits per heavy atom. The minimum absolute atomic E-state index is 0.0642. The molecule has 0 atom stereocenters. The van der Waals surface area contributed by atoms with E-state index in [1.165, 1.54) is 30.0 Å². The second kappa shape index (κ2) is 6.33. The number of aliphatic hydroxyl groups is 1. The lowest BCUT2D eigenvalue weighted by Gasteiger charge is -2.03. The third kappa shape index (κ3) is 3.52. The molecule has 0 bridgehead atoms. The molecule has 0 heterocycles. The summed E-state index contributed by atoms with van der Waals surface area (Å²) in [6.45, 7) is -0.244. The van der Waals surface area contributed by atoms with Gasteiger partial charge in [-0.05, 0) is 12.1 Å². The standard InChI is InChI=1S/C10H12N2O4S/c11-6-9(14)7-1-2-10(17-4-3-13)8(5-7)12(15)16/h1-2,5,13H,3-4,6,11H2. The average Bonchev–Trinajstić information content (AvgIpc) is 2.35. The van der Waals surface area contributed by atoms with Gasteiger partial charge in [-0.3, -0.25) is 14.9 Å². The Balaban J connectivity index is 3.08. The van der Waals surface area contributed by atoms with Crippen LogP contribution < -0.4 is 5.73 Å². The van der Waals surface area contributed by atoms with Gasteiger partial charge >= 0.3 is 0 Å². The molecule has 0 amide bonds. The van der Waals surface area contributed by atoms with Crippen LogP contribution in [0.15, 0.2) is 23.1 Å². The van der Waals surface area contributed by atoms with E-state index in [1.54, 1.807) is 0 Å². The van der Waals surface area contributed by atoms with Crippen LogP contribution in [0.4, 0.5) is 5.69 Å². The number of ketones is 1. The highest BCUT2D eigenvalue weighted by Crippen LogP contribution is 2.29. The summed E-state index contributed by atoms with van der Waals surface area (Å²) < 4.78 is 0. The van der Waals surface area contributed by atoms with Crippen LogP contribution in [0.3, 0.4) is 0 Å². The Kier molecular flexibility index (Phi) is 5.08. The van der Waals surface area contributed by atoms with Crippen molar-refractivity contribution in [1.82, 2.24) is 0 Å². The van der Waals surface area contributed by atoms with Crippen LogP contribution in [0, 0.1) is 10.1 Å². The fraction of sp³-hybridized carbons (Fsp3) is 0.300. The summed E-state index contributed by atoms with van der Waals surface area (Å²) in [6.07, 6.45) is 0. The van der Waals surface area contributed by atoms with E-state index in [4.69, 9.17) is 10.8 Å². The lowest BCUT2D eigenvalue weighted by Crippen LogP contribution is -2.13. The molecule has 1 aromatic rings. The number of rotatable bonds is 6. The van der Waals surface area contributed by atoms with Crippen molar-refractivity contribution in [2.24, 2.45) is 5.73 Å². The molecule has 0 radical (unpaired) electrons. The molecule has 92 valence electrons. The Bertz CT molecular complexity index is 436. The number of Topliss-reactive ketones (excluding diaryl/α,β-unsaturated/α-hetero) is 1. The first-order valence-corrected chi connectivity index (χ1v) is 5.84. The smallest absolute Gasteiger partial charge is 0.283 e. The molecule has 1 rings (SSSR count). The molecule has 7 heteroatoms. The van der Waals surface area contributed by atoms with E-state index >= 15 is 0 Å². The average molecular weight is 256 g/mol. The second-order valence-electron chi connectivity index (χ2n) is 3.14. The predicted octanol–water partition coefficient (Wildman–Crippen LogP) is 0.821. The Labute approximate surface area is 102 Å². The van der Waals surface area contributed by atoms with Gasteiger partial charge in [0.05, 0.1) is 23.0 Å². The zero-order chi connectivity index (χ0) is 12.8. The normalized spacial score (nSPS) is 10.2. The quantitative estimate of drug-likeness (QED) is 0.338. The van der Waals surface area contributed by atoms with Gasteiger partial charge < -0.3 is 10.8 Å². The highest BCUT2D eigenvalue weighted by atomic mass is 32.2. The van der Waals surface area contributed by atoms with Gasteiger partial charge in [-0.1, -0.05) is 0 Å². The molecule has 17 heavy (non-hydrogen) atoms. The molecule has 0 aliphatic rings. The number of hydrogen-bond acceptors (Lipinski definition) is 6. The number of nitro benzene ring substituents is 1. The van der Waals surface area contributed by atoms with Gasteiger partial charge in [0.1, 0.15) is 0 Å². The Morgan fingerprint density at radius 2 is 2.24 bits per heavy atom. The van der Waals surface area contributed by atoms with Gasteiger partial charge in [-0.15, -0.1) is 11.8 Å². The van der Waals surface area contributed by atoms with Crippen molar-refractivity contribution in [3.63, 3.8) is 0 Å². The first-order valence-electron chi connectivity index (χ1n) is 4.85. The van der Waals surface area contributed by atoms with Crippen LogP contribution in [-0.4, -0.2) is 34.7 Å². The zero-order valence-electron chi connectivity index (χ0n) is 8.96. The second-order valence-corrected chi connectivity index (χ2v) is 4.28. The minimum atomic E-state index is -0.549.